The number of thioether (sulfide) groups is 1. The number of piperidine rings is 1. The Balaban J connectivity index is 1.77. The Bertz CT molecular complexity index is 429. The lowest BCUT2D eigenvalue weighted by Crippen LogP contribution is -2.39. The molecule has 2 N–H and O–H groups in total. The van der Waals surface area contributed by atoms with Crippen LogP contribution in [0.1, 0.15) is 26.1 Å². The zero-order valence-corrected chi connectivity index (χ0v) is 14.1. The van der Waals surface area contributed by atoms with E-state index in [2.05, 4.69) is 28.9 Å². The molecule has 2 rings (SSSR count). The Kier molecular flexibility index (Phi) is 6.32. The molecule has 0 saturated carbocycles. The summed E-state index contributed by atoms with van der Waals surface area (Å²) in [5, 5.41) is 9.07. The standard InChI is InChI=1S/C14H27N5OS/c1-11-8-12(2)10-18(9-11)5-7-21-14-17-16-13(19(14)15)4-6-20-3/h11-12H,4-10,15H2,1-3H3. The lowest BCUT2D eigenvalue weighted by atomic mass is 9.92. The molecule has 1 aliphatic rings. The average Bonchev–Trinajstić information content (AvgIpc) is 2.77. The van der Waals surface area contributed by atoms with Crippen LogP contribution in [0.25, 0.3) is 0 Å². The summed E-state index contributed by atoms with van der Waals surface area (Å²) in [6.07, 6.45) is 2.05. The highest BCUT2D eigenvalue weighted by Crippen LogP contribution is 2.22. The summed E-state index contributed by atoms with van der Waals surface area (Å²) in [4.78, 5) is 2.55. The van der Waals surface area contributed by atoms with E-state index in [4.69, 9.17) is 10.6 Å². The number of hydrogen-bond donors (Lipinski definition) is 1. The van der Waals surface area contributed by atoms with Gasteiger partial charge in [0.05, 0.1) is 6.61 Å². The summed E-state index contributed by atoms with van der Waals surface area (Å²) in [6, 6.07) is 0. The molecule has 0 aliphatic carbocycles. The maximum absolute atomic E-state index is 6.01. The van der Waals surface area contributed by atoms with E-state index >= 15 is 0 Å². The van der Waals surface area contributed by atoms with Crippen molar-refractivity contribution in [3.8, 4) is 0 Å². The van der Waals surface area contributed by atoms with Gasteiger partial charge in [0.1, 0.15) is 0 Å². The zero-order chi connectivity index (χ0) is 15.2. The molecule has 0 amide bonds. The second kappa shape index (κ2) is 8.00. The molecular weight excluding hydrogens is 286 g/mol. The molecule has 0 radical (unpaired) electrons. The van der Waals surface area contributed by atoms with Gasteiger partial charge in [-0.2, -0.15) is 0 Å². The first-order valence-corrected chi connectivity index (χ1v) is 8.62. The van der Waals surface area contributed by atoms with Gasteiger partial charge in [-0.3, -0.25) is 0 Å². The largest absolute Gasteiger partial charge is 0.384 e. The van der Waals surface area contributed by atoms with Crippen LogP contribution in [-0.4, -0.2) is 58.9 Å². The van der Waals surface area contributed by atoms with E-state index in [1.54, 1.807) is 23.5 Å². The van der Waals surface area contributed by atoms with Crippen LogP contribution in [0.15, 0.2) is 5.16 Å². The maximum Gasteiger partial charge on any atom is 0.209 e. The minimum Gasteiger partial charge on any atom is -0.384 e. The fourth-order valence-electron chi connectivity index (χ4n) is 3.01. The maximum atomic E-state index is 6.01. The molecule has 1 aliphatic heterocycles. The first-order chi connectivity index (χ1) is 10.1. The third kappa shape index (κ3) is 4.86. The Morgan fingerprint density at radius 3 is 2.67 bits per heavy atom. The molecule has 120 valence electrons. The van der Waals surface area contributed by atoms with Gasteiger partial charge in [-0.1, -0.05) is 25.6 Å². The SMILES string of the molecule is COCCc1nnc(SCCN2CC(C)CC(C)C2)n1N. The second-order valence-electron chi connectivity index (χ2n) is 6.07. The fourth-order valence-corrected chi connectivity index (χ4v) is 3.89. The number of rotatable bonds is 7. The molecule has 7 heteroatoms. The van der Waals surface area contributed by atoms with E-state index in [0.717, 1.165) is 35.1 Å². The van der Waals surface area contributed by atoms with E-state index in [1.165, 1.54) is 19.5 Å². The van der Waals surface area contributed by atoms with E-state index in [1.807, 2.05) is 0 Å². The molecule has 0 spiro atoms. The van der Waals surface area contributed by atoms with Crippen molar-refractivity contribution in [2.75, 3.05) is 44.9 Å². The van der Waals surface area contributed by atoms with Crippen LogP contribution in [0.5, 0.6) is 0 Å². The second-order valence-corrected chi connectivity index (χ2v) is 7.13. The number of hydrogen-bond acceptors (Lipinski definition) is 6. The van der Waals surface area contributed by atoms with Crippen molar-refractivity contribution in [1.82, 2.24) is 19.8 Å². The zero-order valence-electron chi connectivity index (χ0n) is 13.3. The van der Waals surface area contributed by atoms with E-state index in [9.17, 15) is 0 Å². The molecule has 2 atom stereocenters. The number of ether oxygens (including phenoxy) is 1. The van der Waals surface area contributed by atoms with Crippen LogP contribution in [0.4, 0.5) is 0 Å². The van der Waals surface area contributed by atoms with Gasteiger partial charge in [-0.25, -0.2) is 4.68 Å². The van der Waals surface area contributed by atoms with Crippen molar-refractivity contribution in [2.24, 2.45) is 11.8 Å². The molecular formula is C14H27N5OS. The van der Waals surface area contributed by atoms with Gasteiger partial charge in [0.2, 0.25) is 5.16 Å². The van der Waals surface area contributed by atoms with Crippen LogP contribution < -0.4 is 5.84 Å². The quantitative estimate of drug-likeness (QED) is 0.603. The third-order valence-electron chi connectivity index (χ3n) is 3.85. The van der Waals surface area contributed by atoms with Crippen molar-refractivity contribution in [3.05, 3.63) is 5.82 Å². The number of aromatic nitrogens is 3. The van der Waals surface area contributed by atoms with Gasteiger partial charge in [-0.15, -0.1) is 10.2 Å². The Morgan fingerprint density at radius 1 is 1.29 bits per heavy atom. The first-order valence-electron chi connectivity index (χ1n) is 7.63. The molecule has 1 aromatic heterocycles. The lowest BCUT2D eigenvalue weighted by Gasteiger charge is -2.34. The van der Waals surface area contributed by atoms with Gasteiger partial charge >= 0.3 is 0 Å². The van der Waals surface area contributed by atoms with Gasteiger partial charge < -0.3 is 15.5 Å². The highest BCUT2D eigenvalue weighted by atomic mass is 32.2. The van der Waals surface area contributed by atoms with E-state index in [-0.39, 0.29) is 0 Å². The molecule has 1 fully saturated rings. The van der Waals surface area contributed by atoms with Crippen molar-refractivity contribution in [1.29, 1.82) is 0 Å². The Morgan fingerprint density at radius 2 is 2.00 bits per heavy atom. The van der Waals surface area contributed by atoms with Gasteiger partial charge in [-0.05, 0) is 18.3 Å². The molecule has 1 aromatic rings. The van der Waals surface area contributed by atoms with Crippen molar-refractivity contribution < 1.29 is 4.74 Å². The van der Waals surface area contributed by atoms with Crippen molar-refractivity contribution in [2.45, 2.75) is 31.8 Å². The molecule has 21 heavy (non-hydrogen) atoms. The summed E-state index contributed by atoms with van der Waals surface area (Å²) < 4.78 is 6.63. The summed E-state index contributed by atoms with van der Waals surface area (Å²) in [5.74, 6) is 9.39. The first kappa shape index (κ1) is 16.6. The van der Waals surface area contributed by atoms with Gasteiger partial charge in [0.15, 0.2) is 5.82 Å². The predicted molar refractivity (Wildman–Crippen MR) is 85.9 cm³/mol. The van der Waals surface area contributed by atoms with E-state index < -0.39 is 0 Å². The normalized spacial score (nSPS) is 23.6. The lowest BCUT2D eigenvalue weighted by molar-refractivity contribution is 0.149. The predicted octanol–water partition coefficient (Wildman–Crippen LogP) is 1.25. The summed E-state index contributed by atoms with van der Waals surface area (Å²) in [7, 11) is 1.67. The fraction of sp³-hybridized carbons (Fsp3) is 0.857. The smallest absolute Gasteiger partial charge is 0.209 e. The summed E-state index contributed by atoms with van der Waals surface area (Å²) >= 11 is 1.68. The van der Waals surface area contributed by atoms with Crippen LogP contribution >= 0.6 is 11.8 Å². The molecule has 1 saturated heterocycles. The molecule has 0 aromatic carbocycles. The summed E-state index contributed by atoms with van der Waals surface area (Å²) in [5.41, 5.74) is 0. The van der Waals surface area contributed by atoms with Crippen molar-refractivity contribution >= 4 is 11.8 Å². The number of nitrogens with zero attached hydrogens (tertiary/aromatic N) is 4. The third-order valence-corrected chi connectivity index (χ3v) is 4.77. The minimum absolute atomic E-state index is 0.615. The van der Waals surface area contributed by atoms with Crippen LogP contribution in [0, 0.1) is 11.8 Å². The summed E-state index contributed by atoms with van der Waals surface area (Å²) in [6.45, 7) is 8.80. The number of nitrogens with two attached hydrogens (primary N) is 1. The molecule has 2 unspecified atom stereocenters. The number of methoxy groups -OCH3 is 1. The minimum atomic E-state index is 0.615. The molecule has 6 nitrogen and oxygen atoms in total. The average molecular weight is 313 g/mol. The Hall–Kier alpha value is -0.790. The number of nitrogen functional groups attached to an aromatic ring is 1. The van der Waals surface area contributed by atoms with Gasteiger partial charge in [0.25, 0.3) is 0 Å². The monoisotopic (exact) mass is 313 g/mol. The topological polar surface area (TPSA) is 69.2 Å². The van der Waals surface area contributed by atoms with Crippen LogP contribution in [0.2, 0.25) is 0 Å². The number of likely N-dealkylation sites (tertiary alicyclic amines) is 1. The molecule has 0 bridgehead atoms. The van der Waals surface area contributed by atoms with E-state index in [0.29, 0.717) is 13.0 Å². The van der Waals surface area contributed by atoms with Gasteiger partial charge in [0, 0.05) is 38.9 Å². The Labute approximate surface area is 131 Å². The molecule has 2 heterocycles. The van der Waals surface area contributed by atoms with Crippen LogP contribution in [-0.2, 0) is 11.2 Å². The highest BCUT2D eigenvalue weighted by Gasteiger charge is 2.21. The highest BCUT2D eigenvalue weighted by molar-refractivity contribution is 7.99. The van der Waals surface area contributed by atoms with Crippen molar-refractivity contribution in [3.63, 3.8) is 0 Å². The van der Waals surface area contributed by atoms with Crippen LogP contribution in [0.3, 0.4) is 0 Å².